The van der Waals surface area contributed by atoms with E-state index in [1.807, 2.05) is 0 Å². The van der Waals surface area contributed by atoms with Gasteiger partial charge in [0.2, 0.25) is 5.91 Å². The molecule has 0 radical (unpaired) electrons. The van der Waals surface area contributed by atoms with E-state index in [1.54, 1.807) is 0 Å². The maximum Gasteiger partial charge on any atom is 0.264 e. The molecule has 1 amide bonds. The Bertz CT molecular complexity index is 725. The van der Waals surface area contributed by atoms with Gasteiger partial charge < -0.3 is 66.9 Å². The summed E-state index contributed by atoms with van der Waals surface area (Å²) in [5, 5.41) is 59.7. The number of aliphatic hydroxyl groups excluding tert-OH is 5. The fourth-order valence-corrected chi connectivity index (χ4v) is 4.54. The third-order valence-electron chi connectivity index (χ3n) is 6.56. The minimum absolute atomic E-state index is 0. The van der Waals surface area contributed by atoms with Crippen LogP contribution < -0.4 is 28.9 Å². The van der Waals surface area contributed by atoms with Gasteiger partial charge in [-0.15, -0.1) is 0 Å². The van der Waals surface area contributed by atoms with Gasteiger partial charge in [-0.2, -0.15) is 0 Å². The molecule has 0 spiro atoms. The summed E-state index contributed by atoms with van der Waals surface area (Å²) in [5.74, 6) is -0.560. The van der Waals surface area contributed by atoms with Crippen molar-refractivity contribution in [3.05, 3.63) is 0 Å². The summed E-state index contributed by atoms with van der Waals surface area (Å²) in [6.45, 7) is 2.20. The Morgan fingerprint density at radius 3 is 2.10 bits per heavy atom. The summed E-state index contributed by atoms with van der Waals surface area (Å²) in [6.07, 6.45) is -5.75. The van der Waals surface area contributed by atoms with Crippen LogP contribution in [0.25, 0.3) is 0 Å². The second-order valence-electron chi connectivity index (χ2n) is 9.74. The standard InChI is InChI=1S/C24H45N3O11.ClH/c1-3-4-5-6-7-8-9-34-23-17(27-13(2)30)19(32)21(15(11-29)37-23)38-24-22(35-12-16(25)26)20(33)18(31)14(10-28)36-24;/h14-15,17-24,28-29,31-33H,3-12H2,1-2H3,(H3,25,26)(H,27,30);1H/t14-,15-,17-,18+,19-,20+,21-,22-,23-,24+;/m1./s1. The molecule has 0 unspecified atom stereocenters. The highest BCUT2D eigenvalue weighted by Gasteiger charge is 2.52. The maximum absolute atomic E-state index is 11.9. The van der Waals surface area contributed by atoms with E-state index >= 15 is 0 Å². The Balaban J connectivity index is 0.00000760. The Kier molecular flexibility index (Phi) is 16.8. The van der Waals surface area contributed by atoms with Crippen LogP contribution in [0.1, 0.15) is 52.4 Å². The number of nitrogens with two attached hydrogens (primary N) is 2. The van der Waals surface area contributed by atoms with Crippen molar-refractivity contribution in [1.82, 2.24) is 5.32 Å². The lowest BCUT2D eigenvalue weighted by Gasteiger charge is -2.47. The van der Waals surface area contributed by atoms with E-state index in [4.69, 9.17) is 34.8 Å². The van der Waals surface area contributed by atoms with Crippen molar-refractivity contribution in [1.29, 1.82) is 0 Å². The van der Waals surface area contributed by atoms with Gasteiger partial charge >= 0.3 is 0 Å². The fourth-order valence-electron chi connectivity index (χ4n) is 4.54. The number of halogens is 1. The number of carbonyl (C=O) groups excluding carboxylic acids is 1. The van der Waals surface area contributed by atoms with Gasteiger partial charge in [-0.1, -0.05) is 39.0 Å². The minimum Gasteiger partial charge on any atom is -1.00 e. The number of ether oxygens (including phenoxy) is 5. The molecule has 2 fully saturated rings. The Morgan fingerprint density at radius 1 is 0.897 bits per heavy atom. The summed E-state index contributed by atoms with van der Waals surface area (Å²) >= 11 is 0. The predicted octanol–water partition coefficient (Wildman–Crippen LogP) is -6.72. The molecule has 2 aliphatic heterocycles. The molecular weight excluding hydrogens is 542 g/mol. The molecule has 0 saturated carbocycles. The van der Waals surface area contributed by atoms with Crippen LogP contribution in [0.15, 0.2) is 0 Å². The number of hydrogen-bond donors (Lipinski definition) is 8. The van der Waals surface area contributed by atoms with E-state index < -0.39 is 80.5 Å². The lowest BCUT2D eigenvalue weighted by Crippen LogP contribution is -3.00. The summed E-state index contributed by atoms with van der Waals surface area (Å²) in [5.41, 5.74) is 5.46. The second kappa shape index (κ2) is 18.3. The number of unbranched alkanes of at least 4 members (excludes halogenated alkanes) is 5. The number of hydrogen-bond acceptors (Lipinski definition) is 11. The third kappa shape index (κ3) is 10.6. The van der Waals surface area contributed by atoms with Crippen LogP contribution in [-0.2, 0) is 28.5 Å². The first-order valence-corrected chi connectivity index (χ1v) is 13.2. The normalized spacial score (nSPS) is 34.7. The number of amidine groups is 1. The van der Waals surface area contributed by atoms with E-state index in [0.717, 1.165) is 32.1 Å². The lowest BCUT2D eigenvalue weighted by atomic mass is 9.95. The highest BCUT2D eigenvalue weighted by atomic mass is 35.5. The number of amides is 1. The van der Waals surface area contributed by atoms with Crippen molar-refractivity contribution in [2.75, 3.05) is 26.4 Å². The largest absolute Gasteiger partial charge is 1.00 e. The van der Waals surface area contributed by atoms with Gasteiger partial charge in [-0.25, -0.2) is 0 Å². The predicted molar refractivity (Wildman–Crippen MR) is 132 cm³/mol. The number of aliphatic hydroxyl groups is 5. The SMILES string of the molecule is CCCCCCCCO[C@@H]1O[C@H](CO)[C@@H](O[C@@H]2O[C@H](CO)[C@H](O)[C@H](O)[C@H]2OCC(N)=[NH2+])[C@H](O)[C@H]1NC(C)=O.[Cl-]. The van der Waals surface area contributed by atoms with Crippen LogP contribution in [0, 0.1) is 0 Å². The van der Waals surface area contributed by atoms with Crippen molar-refractivity contribution in [2.45, 2.75) is 114 Å². The molecule has 15 heteroatoms. The lowest BCUT2D eigenvalue weighted by molar-refractivity contribution is -0.352. The van der Waals surface area contributed by atoms with Crippen LogP contribution >= 0.6 is 0 Å². The van der Waals surface area contributed by atoms with Crippen molar-refractivity contribution in [3.63, 3.8) is 0 Å². The third-order valence-corrected chi connectivity index (χ3v) is 6.56. The molecule has 10 atom stereocenters. The van der Waals surface area contributed by atoms with Crippen molar-refractivity contribution < 1.29 is 71.8 Å². The van der Waals surface area contributed by atoms with Crippen molar-refractivity contribution in [3.8, 4) is 0 Å². The second-order valence-corrected chi connectivity index (χ2v) is 9.74. The van der Waals surface area contributed by atoms with E-state index in [0.29, 0.717) is 6.61 Å². The average molecular weight is 588 g/mol. The first-order valence-electron chi connectivity index (χ1n) is 13.2. The summed E-state index contributed by atoms with van der Waals surface area (Å²) in [4.78, 5) is 11.9. The topological polar surface area (TPSA) is 228 Å². The van der Waals surface area contributed by atoms with Crippen LogP contribution in [0.3, 0.4) is 0 Å². The number of nitrogens with one attached hydrogen (secondary N) is 1. The zero-order valence-corrected chi connectivity index (χ0v) is 23.3. The average Bonchev–Trinajstić information content (AvgIpc) is 2.87. The van der Waals surface area contributed by atoms with Gasteiger partial charge in [0.05, 0.1) is 13.2 Å². The zero-order valence-electron chi connectivity index (χ0n) is 22.6. The smallest absolute Gasteiger partial charge is 0.264 e. The van der Waals surface area contributed by atoms with Crippen LogP contribution in [-0.4, -0.2) is 125 Å². The minimum atomic E-state index is -1.57. The van der Waals surface area contributed by atoms with Gasteiger partial charge in [0.25, 0.3) is 5.84 Å². The van der Waals surface area contributed by atoms with Gasteiger partial charge in [0, 0.05) is 13.5 Å². The Labute approximate surface area is 235 Å². The molecular formula is C24H46ClN3O11. The van der Waals surface area contributed by atoms with E-state index in [1.165, 1.54) is 13.3 Å². The van der Waals surface area contributed by atoms with Gasteiger partial charge in [0.15, 0.2) is 12.6 Å². The van der Waals surface area contributed by atoms with E-state index in [9.17, 15) is 30.3 Å². The Morgan fingerprint density at radius 2 is 1.51 bits per heavy atom. The number of rotatable bonds is 16. The Hall–Kier alpha value is -1.17. The molecule has 230 valence electrons. The molecule has 0 aromatic carbocycles. The molecule has 0 aromatic heterocycles. The first kappa shape index (κ1) is 35.9. The molecule has 39 heavy (non-hydrogen) atoms. The van der Waals surface area contributed by atoms with Crippen molar-refractivity contribution in [2.24, 2.45) is 5.73 Å². The molecule has 2 heterocycles. The molecule has 0 aromatic rings. The summed E-state index contributed by atoms with van der Waals surface area (Å²) < 4.78 is 28.7. The maximum atomic E-state index is 11.9. The first-order chi connectivity index (χ1) is 18.1. The summed E-state index contributed by atoms with van der Waals surface area (Å²) in [7, 11) is 0. The molecule has 14 nitrogen and oxygen atoms in total. The van der Waals surface area contributed by atoms with Crippen LogP contribution in [0.2, 0.25) is 0 Å². The summed E-state index contributed by atoms with van der Waals surface area (Å²) in [6, 6.07) is -1.06. The fraction of sp³-hybridized carbons (Fsp3) is 0.917. The highest BCUT2D eigenvalue weighted by molar-refractivity contribution is 5.75. The molecule has 10 N–H and O–H groups in total. The van der Waals surface area contributed by atoms with Crippen molar-refractivity contribution >= 4 is 11.7 Å². The molecule has 2 saturated heterocycles. The van der Waals surface area contributed by atoms with Gasteiger partial charge in [-0.05, 0) is 6.42 Å². The van der Waals surface area contributed by atoms with E-state index in [-0.39, 0.29) is 24.8 Å². The number of carbonyl (C=O) groups is 1. The van der Waals surface area contributed by atoms with Gasteiger partial charge in [0.1, 0.15) is 55.4 Å². The molecule has 0 aliphatic carbocycles. The molecule has 2 rings (SSSR count). The highest BCUT2D eigenvalue weighted by Crippen LogP contribution is 2.31. The molecule has 2 aliphatic rings. The quantitative estimate of drug-likeness (QED) is 0.0479. The van der Waals surface area contributed by atoms with Gasteiger partial charge in [-0.3, -0.25) is 15.9 Å². The van der Waals surface area contributed by atoms with Crippen LogP contribution in [0.5, 0.6) is 0 Å². The monoisotopic (exact) mass is 587 g/mol. The van der Waals surface area contributed by atoms with E-state index in [2.05, 4.69) is 12.2 Å². The van der Waals surface area contributed by atoms with Crippen LogP contribution in [0.4, 0.5) is 0 Å². The zero-order chi connectivity index (χ0) is 28.2. The molecule has 0 bridgehead atoms.